The van der Waals surface area contributed by atoms with Gasteiger partial charge in [-0.25, -0.2) is 0 Å². The molecule has 0 fully saturated rings. The van der Waals surface area contributed by atoms with Crippen LogP contribution in [0, 0.1) is 0 Å². The van der Waals surface area contributed by atoms with Gasteiger partial charge in [0.25, 0.3) is 5.91 Å². The molecule has 0 heterocycles. The Kier molecular flexibility index (Phi) is 5.16. The van der Waals surface area contributed by atoms with Gasteiger partial charge in [0.2, 0.25) is 0 Å². The van der Waals surface area contributed by atoms with Gasteiger partial charge in [-0.15, -0.1) is 0 Å². The van der Waals surface area contributed by atoms with Crippen molar-refractivity contribution in [3.8, 4) is 5.75 Å². The second-order valence-electron chi connectivity index (χ2n) is 5.28. The van der Waals surface area contributed by atoms with Crippen molar-refractivity contribution in [2.24, 2.45) is 0 Å². The van der Waals surface area contributed by atoms with Crippen molar-refractivity contribution >= 4 is 51.3 Å². The SMILES string of the molecule is COc1ccc(NC(=S)NC(=O)c2cccc3c(Cl)cccc23)cc1. The monoisotopic (exact) mass is 370 g/mol. The predicted octanol–water partition coefficient (Wildman–Crippen LogP) is 4.63. The van der Waals surface area contributed by atoms with Crippen LogP contribution in [0.1, 0.15) is 10.4 Å². The van der Waals surface area contributed by atoms with Crippen LogP contribution >= 0.6 is 23.8 Å². The number of amides is 1. The maximum Gasteiger partial charge on any atom is 0.258 e. The van der Waals surface area contributed by atoms with Crippen LogP contribution in [0.25, 0.3) is 10.8 Å². The average molecular weight is 371 g/mol. The van der Waals surface area contributed by atoms with Crippen molar-refractivity contribution in [3.05, 3.63) is 71.2 Å². The molecule has 0 radical (unpaired) electrons. The summed E-state index contributed by atoms with van der Waals surface area (Å²) < 4.78 is 5.11. The first-order chi connectivity index (χ1) is 12.1. The molecule has 0 unspecified atom stereocenters. The molecule has 25 heavy (non-hydrogen) atoms. The van der Waals surface area contributed by atoms with E-state index in [-0.39, 0.29) is 11.0 Å². The van der Waals surface area contributed by atoms with E-state index in [1.54, 1.807) is 37.4 Å². The summed E-state index contributed by atoms with van der Waals surface area (Å²) in [6.45, 7) is 0. The topological polar surface area (TPSA) is 50.4 Å². The molecule has 3 rings (SSSR count). The molecule has 0 saturated heterocycles. The number of anilines is 1. The zero-order valence-electron chi connectivity index (χ0n) is 13.4. The number of carbonyl (C=O) groups is 1. The van der Waals surface area contributed by atoms with Crippen LogP contribution in [0.2, 0.25) is 5.02 Å². The first kappa shape index (κ1) is 17.2. The summed E-state index contributed by atoms with van der Waals surface area (Å²) >= 11 is 11.4. The molecule has 0 spiro atoms. The summed E-state index contributed by atoms with van der Waals surface area (Å²) in [5, 5.41) is 8.09. The molecular formula is C19H15ClN2O2S. The number of nitrogens with one attached hydrogen (secondary N) is 2. The van der Waals surface area contributed by atoms with Gasteiger partial charge in [-0.2, -0.15) is 0 Å². The van der Waals surface area contributed by atoms with Crippen molar-refractivity contribution in [1.29, 1.82) is 0 Å². The Labute approximate surface area is 155 Å². The van der Waals surface area contributed by atoms with E-state index in [1.165, 1.54) is 0 Å². The first-order valence-electron chi connectivity index (χ1n) is 7.52. The van der Waals surface area contributed by atoms with Gasteiger partial charge in [0.15, 0.2) is 5.11 Å². The van der Waals surface area contributed by atoms with Crippen molar-refractivity contribution < 1.29 is 9.53 Å². The summed E-state index contributed by atoms with van der Waals surface area (Å²) in [5.41, 5.74) is 1.27. The van der Waals surface area contributed by atoms with Crippen molar-refractivity contribution in [2.75, 3.05) is 12.4 Å². The number of ether oxygens (including phenoxy) is 1. The largest absolute Gasteiger partial charge is 0.497 e. The highest BCUT2D eigenvalue weighted by atomic mass is 35.5. The maximum absolute atomic E-state index is 12.6. The molecule has 0 saturated carbocycles. The highest BCUT2D eigenvalue weighted by Gasteiger charge is 2.12. The van der Waals surface area contributed by atoms with Gasteiger partial charge in [0, 0.05) is 21.7 Å². The van der Waals surface area contributed by atoms with Crippen LogP contribution < -0.4 is 15.4 Å². The van der Waals surface area contributed by atoms with Crippen molar-refractivity contribution in [1.82, 2.24) is 5.32 Å². The van der Waals surface area contributed by atoms with E-state index >= 15 is 0 Å². The minimum absolute atomic E-state index is 0.217. The van der Waals surface area contributed by atoms with Crippen molar-refractivity contribution in [3.63, 3.8) is 0 Å². The number of thiocarbonyl (C=S) groups is 1. The van der Waals surface area contributed by atoms with E-state index < -0.39 is 0 Å². The van der Waals surface area contributed by atoms with Gasteiger partial charge in [0.1, 0.15) is 5.75 Å². The zero-order valence-corrected chi connectivity index (χ0v) is 14.9. The summed E-state index contributed by atoms with van der Waals surface area (Å²) in [6, 6.07) is 18.1. The fourth-order valence-electron chi connectivity index (χ4n) is 2.48. The number of methoxy groups -OCH3 is 1. The molecule has 0 aliphatic carbocycles. The van der Waals surface area contributed by atoms with Gasteiger partial charge in [-0.05, 0) is 54.0 Å². The summed E-state index contributed by atoms with van der Waals surface area (Å²) in [4.78, 5) is 12.6. The lowest BCUT2D eigenvalue weighted by molar-refractivity contribution is 0.0979. The molecule has 126 valence electrons. The van der Waals surface area contributed by atoms with Crippen LogP contribution in [0.15, 0.2) is 60.7 Å². The summed E-state index contributed by atoms with van der Waals surface area (Å²) in [6.07, 6.45) is 0. The van der Waals surface area contributed by atoms with Crippen LogP contribution in [-0.4, -0.2) is 18.1 Å². The van der Waals surface area contributed by atoms with Crippen LogP contribution in [-0.2, 0) is 0 Å². The fraction of sp³-hybridized carbons (Fsp3) is 0.0526. The lowest BCUT2D eigenvalue weighted by Gasteiger charge is -2.11. The number of hydrogen-bond acceptors (Lipinski definition) is 3. The molecule has 3 aromatic rings. The first-order valence-corrected chi connectivity index (χ1v) is 8.31. The number of hydrogen-bond donors (Lipinski definition) is 2. The predicted molar refractivity (Wildman–Crippen MR) is 106 cm³/mol. The van der Waals surface area contributed by atoms with E-state index in [0.717, 1.165) is 22.2 Å². The average Bonchev–Trinajstić information content (AvgIpc) is 2.62. The molecule has 4 nitrogen and oxygen atoms in total. The molecular weight excluding hydrogens is 356 g/mol. The number of fused-ring (bicyclic) bond motifs is 1. The zero-order chi connectivity index (χ0) is 17.8. The molecule has 0 atom stereocenters. The van der Waals surface area contributed by atoms with Crippen LogP contribution in [0.3, 0.4) is 0 Å². The molecule has 0 aromatic heterocycles. The number of benzene rings is 3. The lowest BCUT2D eigenvalue weighted by Crippen LogP contribution is -2.34. The Bertz CT molecular complexity index is 942. The Balaban J connectivity index is 1.75. The van der Waals surface area contributed by atoms with E-state index in [1.807, 2.05) is 30.3 Å². The number of halogens is 1. The van der Waals surface area contributed by atoms with E-state index in [9.17, 15) is 4.79 Å². The van der Waals surface area contributed by atoms with Crippen LogP contribution in [0.4, 0.5) is 5.69 Å². The fourth-order valence-corrected chi connectivity index (χ4v) is 2.92. The Morgan fingerprint density at radius 2 is 1.68 bits per heavy atom. The van der Waals surface area contributed by atoms with E-state index in [0.29, 0.717) is 10.6 Å². The molecule has 0 bridgehead atoms. The van der Waals surface area contributed by atoms with Gasteiger partial charge in [-0.1, -0.05) is 35.9 Å². The van der Waals surface area contributed by atoms with E-state index in [2.05, 4.69) is 10.6 Å². The molecule has 6 heteroatoms. The molecule has 1 amide bonds. The second kappa shape index (κ2) is 7.51. The van der Waals surface area contributed by atoms with Gasteiger partial charge in [0.05, 0.1) is 7.11 Å². The summed E-state index contributed by atoms with van der Waals surface area (Å²) in [5.74, 6) is 0.451. The van der Waals surface area contributed by atoms with Crippen molar-refractivity contribution in [2.45, 2.75) is 0 Å². The molecule has 0 aliphatic heterocycles. The quantitative estimate of drug-likeness (QED) is 0.660. The highest BCUT2D eigenvalue weighted by molar-refractivity contribution is 7.80. The third-order valence-electron chi connectivity index (χ3n) is 3.69. The van der Waals surface area contributed by atoms with Crippen LogP contribution in [0.5, 0.6) is 5.75 Å². The minimum atomic E-state index is -0.293. The normalized spacial score (nSPS) is 10.3. The Hall–Kier alpha value is -2.63. The number of rotatable bonds is 3. The minimum Gasteiger partial charge on any atom is -0.497 e. The number of carbonyl (C=O) groups excluding carboxylic acids is 1. The standard InChI is InChI=1S/C19H15ClN2O2S/c1-24-13-10-8-12(9-11-13)21-19(25)22-18(23)16-6-2-5-15-14(16)4-3-7-17(15)20/h2-11H,1H3,(H2,21,22,23,25). The summed E-state index contributed by atoms with van der Waals surface area (Å²) in [7, 11) is 1.60. The molecule has 0 aliphatic rings. The maximum atomic E-state index is 12.6. The van der Waals surface area contributed by atoms with Gasteiger partial charge >= 0.3 is 0 Å². The van der Waals surface area contributed by atoms with Gasteiger partial charge in [-0.3, -0.25) is 10.1 Å². The third kappa shape index (κ3) is 3.90. The highest BCUT2D eigenvalue weighted by Crippen LogP contribution is 2.26. The third-order valence-corrected chi connectivity index (χ3v) is 4.22. The Morgan fingerprint density at radius 1 is 1.00 bits per heavy atom. The second-order valence-corrected chi connectivity index (χ2v) is 6.09. The Morgan fingerprint density at radius 3 is 2.40 bits per heavy atom. The molecule has 3 aromatic carbocycles. The van der Waals surface area contributed by atoms with E-state index in [4.69, 9.17) is 28.6 Å². The van der Waals surface area contributed by atoms with Gasteiger partial charge < -0.3 is 10.1 Å². The lowest BCUT2D eigenvalue weighted by atomic mass is 10.0. The molecule has 2 N–H and O–H groups in total. The smallest absolute Gasteiger partial charge is 0.258 e.